The average molecular weight is 1050 g/mol. The van der Waals surface area contributed by atoms with Crippen LogP contribution in [0.1, 0.15) is 72.4 Å². The summed E-state index contributed by atoms with van der Waals surface area (Å²) in [4.78, 5) is 58.3. The van der Waals surface area contributed by atoms with Gasteiger partial charge in [0.25, 0.3) is 0 Å². The number of carbonyl (C=O) groups is 4. The van der Waals surface area contributed by atoms with Crippen molar-refractivity contribution in [2.75, 3.05) is 21.3 Å². The summed E-state index contributed by atoms with van der Waals surface area (Å²) in [5.41, 5.74) is 2.52. The van der Waals surface area contributed by atoms with E-state index in [-0.39, 0.29) is 36.5 Å². The van der Waals surface area contributed by atoms with E-state index in [2.05, 4.69) is 72.0 Å². The van der Waals surface area contributed by atoms with Crippen molar-refractivity contribution in [2.24, 2.45) is 17.8 Å². The van der Waals surface area contributed by atoms with Gasteiger partial charge in [-0.2, -0.15) is 0 Å². The first-order chi connectivity index (χ1) is 34.0. The van der Waals surface area contributed by atoms with Crippen LogP contribution >= 0.6 is 68.0 Å². The molecule has 24 heteroatoms. The number of anilines is 4. The zero-order chi connectivity index (χ0) is 48.7. The summed E-state index contributed by atoms with van der Waals surface area (Å²) < 4.78 is 0. The fourth-order valence-corrected chi connectivity index (χ4v) is 11.7. The van der Waals surface area contributed by atoms with Gasteiger partial charge in [-0.3, -0.25) is 29.1 Å². The van der Waals surface area contributed by atoms with Crippen LogP contribution in [-0.2, 0) is 64.1 Å². The van der Waals surface area contributed by atoms with Crippen molar-refractivity contribution in [2.45, 2.75) is 84.5 Å². The number of thiophene rings is 2. The Hall–Kier alpha value is -6.18. The van der Waals surface area contributed by atoms with Gasteiger partial charge in [-0.15, -0.1) is 63.5 Å². The predicted molar refractivity (Wildman–Crippen MR) is 276 cm³/mol. The smallest absolute Gasteiger partial charge is 0.232 e. The Bertz CT molecular complexity index is 2930. The van der Waals surface area contributed by atoms with Crippen molar-refractivity contribution in [3.05, 3.63) is 124 Å². The quantitative estimate of drug-likeness (QED) is 0.0630. The van der Waals surface area contributed by atoms with Gasteiger partial charge in [0.15, 0.2) is 0 Å². The maximum Gasteiger partial charge on any atom is 0.232 e. The first kappa shape index (κ1) is 50.2. The van der Waals surface area contributed by atoms with Crippen LogP contribution in [0.4, 0.5) is 20.5 Å². The second-order valence-corrected chi connectivity index (χ2v) is 23.0. The zero-order valence-electron chi connectivity index (χ0n) is 38.1. The lowest BCUT2D eigenvalue weighted by Gasteiger charge is -2.34. The highest BCUT2D eigenvalue weighted by molar-refractivity contribution is 7.16. The first-order valence-electron chi connectivity index (χ1n) is 22.3. The maximum absolute atomic E-state index is 12.3. The third-order valence-corrected chi connectivity index (χ3v) is 15.6. The molecule has 0 aliphatic heterocycles. The number of aromatic nitrogens is 10. The molecular formula is C46H48N14O4S6. The van der Waals surface area contributed by atoms with E-state index in [1.807, 2.05) is 79.2 Å². The highest BCUT2D eigenvalue weighted by Gasteiger charge is 2.31. The van der Waals surface area contributed by atoms with Gasteiger partial charge in [0.2, 0.25) is 44.2 Å². The third-order valence-electron chi connectivity index (χ3n) is 10.5. The summed E-state index contributed by atoms with van der Waals surface area (Å²) in [7, 11) is 0. The van der Waals surface area contributed by atoms with E-state index in [1.54, 1.807) is 35.1 Å². The molecule has 18 nitrogen and oxygen atoms in total. The number of nitrogens with one attached hydrogen (secondary N) is 4. The van der Waals surface area contributed by atoms with E-state index in [0.717, 1.165) is 84.8 Å². The molecule has 8 aromatic rings. The molecule has 10 rings (SSSR count). The molecule has 0 radical (unpaired) electrons. The minimum absolute atomic E-state index is 0.0217. The molecular weight excluding hydrogens is 1010 g/mol. The minimum atomic E-state index is -0.149. The van der Waals surface area contributed by atoms with Crippen LogP contribution in [0.25, 0.3) is 0 Å². The molecule has 70 heavy (non-hydrogen) atoms. The van der Waals surface area contributed by atoms with Crippen molar-refractivity contribution in [1.82, 2.24) is 50.8 Å². The molecule has 0 saturated heterocycles. The van der Waals surface area contributed by atoms with Gasteiger partial charge in [0, 0.05) is 52.8 Å². The van der Waals surface area contributed by atoms with Crippen molar-refractivity contribution in [3.63, 3.8) is 0 Å². The lowest BCUT2D eigenvalue weighted by Crippen LogP contribution is -2.27. The number of aryl methyl sites for hydroxylation is 2. The first-order valence-corrected chi connectivity index (χ1v) is 27.4. The van der Waals surface area contributed by atoms with Crippen LogP contribution in [0.5, 0.6) is 0 Å². The Balaban J connectivity index is 0.000000164. The lowest BCUT2D eigenvalue weighted by molar-refractivity contribution is -0.116. The highest BCUT2D eigenvalue weighted by Crippen LogP contribution is 2.39. The van der Waals surface area contributed by atoms with E-state index in [4.69, 9.17) is 0 Å². The third kappa shape index (κ3) is 16.8. The molecule has 2 aliphatic carbocycles. The molecule has 4 amide bonds. The number of amides is 4. The van der Waals surface area contributed by atoms with Gasteiger partial charge >= 0.3 is 0 Å². The molecule has 2 fully saturated rings. The second-order valence-electron chi connectivity index (χ2n) is 16.6. The summed E-state index contributed by atoms with van der Waals surface area (Å²) in [6.07, 6.45) is 12.1. The summed E-state index contributed by atoms with van der Waals surface area (Å²) >= 11 is 8.89. The number of hydrogen-bond acceptors (Lipinski definition) is 20. The van der Waals surface area contributed by atoms with E-state index in [9.17, 15) is 19.2 Å². The number of carbonyl (C=O) groups excluding carboxylic acids is 4. The molecule has 8 heterocycles. The molecule has 2 aliphatic rings. The normalized spacial score (nSPS) is 14.8. The maximum atomic E-state index is 12.3. The molecule has 0 atom stereocenters. The van der Waals surface area contributed by atoms with Crippen LogP contribution in [0, 0.1) is 31.6 Å². The molecule has 8 aromatic heterocycles. The minimum Gasteiger partial charge on any atom is -0.300 e. The van der Waals surface area contributed by atoms with Crippen LogP contribution in [-0.4, -0.2) is 74.4 Å². The molecule has 4 N–H and O–H groups in total. The van der Waals surface area contributed by atoms with E-state index < -0.39 is 0 Å². The van der Waals surface area contributed by atoms with Crippen LogP contribution in [0.3, 0.4) is 0 Å². The summed E-state index contributed by atoms with van der Waals surface area (Å²) in [6, 6.07) is 17.1. The number of hydrogen-bond donors (Lipinski definition) is 4. The monoisotopic (exact) mass is 1050 g/mol. The SMILES string of the molecule is Cc1ccnc(CC(=O)Nc2nnc(CC3CC(Cc4nnc(NC(=O)Cc5ccccn5)s4)C3)s2)c1.Cc1nnc(NC(=O)Cc2cccs2)s1.O=C(Cc1cccs1)Nc1nnc(CC2CC2)s1. The van der Waals surface area contributed by atoms with E-state index in [0.29, 0.717) is 45.2 Å². The highest BCUT2D eigenvalue weighted by atomic mass is 32.1. The van der Waals surface area contributed by atoms with Gasteiger partial charge in [0.05, 0.1) is 25.7 Å². The van der Waals surface area contributed by atoms with Crippen molar-refractivity contribution in [1.29, 1.82) is 0 Å². The Kier molecular flexibility index (Phi) is 18.0. The van der Waals surface area contributed by atoms with Gasteiger partial charge in [-0.1, -0.05) is 63.5 Å². The Labute approximate surface area is 427 Å². The topological polar surface area (TPSA) is 245 Å². The zero-order valence-corrected chi connectivity index (χ0v) is 43.0. The predicted octanol–water partition coefficient (Wildman–Crippen LogP) is 8.48. The molecule has 362 valence electrons. The van der Waals surface area contributed by atoms with Gasteiger partial charge in [-0.25, -0.2) is 0 Å². The largest absolute Gasteiger partial charge is 0.300 e. The summed E-state index contributed by atoms with van der Waals surface area (Å²) in [5, 5.41) is 53.6. The van der Waals surface area contributed by atoms with Crippen molar-refractivity contribution >= 4 is 112 Å². The van der Waals surface area contributed by atoms with E-state index in [1.165, 1.54) is 58.2 Å². The van der Waals surface area contributed by atoms with Crippen LogP contribution < -0.4 is 21.3 Å². The molecule has 2 saturated carbocycles. The van der Waals surface area contributed by atoms with Gasteiger partial charge in [0.1, 0.15) is 20.0 Å². The number of pyridine rings is 2. The number of rotatable bonds is 18. The Morgan fingerprint density at radius 1 is 0.500 bits per heavy atom. The molecule has 0 unspecified atom stereocenters. The fourth-order valence-electron chi connectivity index (χ4n) is 7.10. The Morgan fingerprint density at radius 2 is 0.971 bits per heavy atom. The Morgan fingerprint density at radius 3 is 1.41 bits per heavy atom. The van der Waals surface area contributed by atoms with Gasteiger partial charge in [-0.05, 0) is 110 Å². The van der Waals surface area contributed by atoms with E-state index >= 15 is 0 Å². The fraction of sp³-hybridized carbons (Fsp3) is 0.348. The molecule has 0 aromatic carbocycles. The molecule has 0 spiro atoms. The summed E-state index contributed by atoms with van der Waals surface area (Å²) in [5.74, 6) is 1.53. The van der Waals surface area contributed by atoms with Crippen LogP contribution in [0.15, 0.2) is 77.8 Å². The second kappa shape index (κ2) is 25.1. The van der Waals surface area contributed by atoms with Gasteiger partial charge < -0.3 is 21.3 Å². The average Bonchev–Trinajstić information content (AvgIpc) is 4.05. The van der Waals surface area contributed by atoms with Crippen molar-refractivity contribution in [3.8, 4) is 0 Å². The number of nitrogens with zero attached hydrogens (tertiary/aromatic N) is 10. The van der Waals surface area contributed by atoms with Crippen molar-refractivity contribution < 1.29 is 19.2 Å². The summed E-state index contributed by atoms with van der Waals surface area (Å²) in [6.45, 7) is 3.83. The lowest BCUT2D eigenvalue weighted by atomic mass is 9.72. The molecule has 0 bridgehead atoms. The standard InChI is InChI=1S/C25H26N8O2S2.C12H13N3OS2.C9H9N3OS2/c1-15-5-7-27-19(8-15)14-21(35)29-25-33-31-23(37-25)12-17-9-16(10-17)11-22-30-32-24(36-22)28-20(34)13-18-4-2-3-6-26-18;16-10(7-9-2-1-5-17-9)13-12-15-14-11(18-12)6-8-3-4-8;1-6-11-12-9(15-6)10-8(13)5-7-3-2-4-14-7/h2-8,16-17H,9-14H2,1H3,(H,28,32,34)(H,29,33,35);1-2,5,8H,3-4,6-7H2,(H,13,15,16);2-4H,5H2,1H3,(H,10,12,13). The van der Waals surface area contributed by atoms with Crippen LogP contribution in [0.2, 0.25) is 0 Å².